The summed E-state index contributed by atoms with van der Waals surface area (Å²) in [6, 6.07) is 11.1. The SMILES string of the molecule is COc1ccc(Cl)cc1N1CCN(C(=O)Nc2cccc(F)c2)CC1. The van der Waals surface area contributed by atoms with Crippen LogP contribution in [0.5, 0.6) is 5.75 Å². The molecule has 0 bridgehead atoms. The fourth-order valence-corrected chi connectivity index (χ4v) is 3.00. The quantitative estimate of drug-likeness (QED) is 0.901. The number of hydrogen-bond donors (Lipinski definition) is 1. The van der Waals surface area contributed by atoms with Crippen molar-refractivity contribution < 1.29 is 13.9 Å². The third-order valence-electron chi connectivity index (χ3n) is 4.12. The Bertz CT molecular complexity index is 764. The molecule has 2 aromatic rings. The summed E-state index contributed by atoms with van der Waals surface area (Å²) < 4.78 is 18.6. The molecule has 0 radical (unpaired) electrons. The number of urea groups is 1. The number of nitrogens with zero attached hydrogens (tertiary/aromatic N) is 2. The molecule has 2 amide bonds. The first-order valence-corrected chi connectivity index (χ1v) is 8.34. The summed E-state index contributed by atoms with van der Waals surface area (Å²) in [5.74, 6) is 0.373. The van der Waals surface area contributed by atoms with Crippen molar-refractivity contribution in [1.29, 1.82) is 0 Å². The molecule has 1 aliphatic heterocycles. The van der Waals surface area contributed by atoms with E-state index in [1.54, 1.807) is 30.2 Å². The summed E-state index contributed by atoms with van der Waals surface area (Å²) in [5, 5.41) is 3.36. The molecule has 0 aromatic heterocycles. The van der Waals surface area contributed by atoms with Gasteiger partial charge in [0.05, 0.1) is 12.8 Å². The third kappa shape index (κ3) is 4.14. The highest BCUT2D eigenvalue weighted by Crippen LogP contribution is 2.31. The molecule has 3 rings (SSSR count). The Morgan fingerprint density at radius 3 is 2.60 bits per heavy atom. The molecule has 0 aliphatic carbocycles. The fraction of sp³-hybridized carbons (Fsp3) is 0.278. The first kappa shape index (κ1) is 17.4. The van der Waals surface area contributed by atoms with Crippen molar-refractivity contribution >= 4 is 29.0 Å². The highest BCUT2D eigenvalue weighted by atomic mass is 35.5. The second-order valence-corrected chi connectivity index (χ2v) is 6.17. The number of ether oxygens (including phenoxy) is 1. The Labute approximate surface area is 150 Å². The summed E-state index contributed by atoms with van der Waals surface area (Å²) >= 11 is 6.09. The minimum Gasteiger partial charge on any atom is -0.495 e. The number of anilines is 2. The second-order valence-electron chi connectivity index (χ2n) is 5.73. The molecular formula is C18H19ClFN3O2. The average molecular weight is 364 g/mol. The van der Waals surface area contributed by atoms with Crippen LogP contribution in [0.15, 0.2) is 42.5 Å². The van der Waals surface area contributed by atoms with E-state index in [0.717, 1.165) is 11.4 Å². The first-order valence-electron chi connectivity index (χ1n) is 7.97. The zero-order valence-corrected chi connectivity index (χ0v) is 14.6. The molecule has 5 nitrogen and oxygen atoms in total. The van der Waals surface area contributed by atoms with Gasteiger partial charge in [0.2, 0.25) is 0 Å². The number of methoxy groups -OCH3 is 1. The molecule has 1 fully saturated rings. The third-order valence-corrected chi connectivity index (χ3v) is 4.36. The van der Waals surface area contributed by atoms with E-state index in [1.807, 2.05) is 12.1 Å². The van der Waals surface area contributed by atoms with E-state index in [1.165, 1.54) is 12.1 Å². The summed E-state index contributed by atoms with van der Waals surface area (Å²) in [6.07, 6.45) is 0. The zero-order chi connectivity index (χ0) is 17.8. The van der Waals surface area contributed by atoms with E-state index < -0.39 is 0 Å². The van der Waals surface area contributed by atoms with Crippen molar-refractivity contribution in [3.05, 3.63) is 53.3 Å². The summed E-state index contributed by atoms with van der Waals surface area (Å²) in [5.41, 5.74) is 1.36. The first-order chi connectivity index (χ1) is 12.1. The molecule has 1 heterocycles. The van der Waals surface area contributed by atoms with Crippen LogP contribution in [0.25, 0.3) is 0 Å². The molecule has 0 spiro atoms. The van der Waals surface area contributed by atoms with Gasteiger partial charge in [-0.1, -0.05) is 17.7 Å². The van der Waals surface area contributed by atoms with Crippen LogP contribution in [0.1, 0.15) is 0 Å². The topological polar surface area (TPSA) is 44.8 Å². The smallest absolute Gasteiger partial charge is 0.321 e. The predicted octanol–water partition coefficient (Wildman–Crippen LogP) is 3.84. The summed E-state index contributed by atoms with van der Waals surface area (Å²) in [6.45, 7) is 2.42. The number of hydrogen-bond acceptors (Lipinski definition) is 3. The maximum Gasteiger partial charge on any atom is 0.321 e. The normalized spacial score (nSPS) is 14.4. The Kier molecular flexibility index (Phi) is 5.28. The van der Waals surface area contributed by atoms with E-state index in [2.05, 4.69) is 10.2 Å². The van der Waals surface area contributed by atoms with E-state index in [-0.39, 0.29) is 11.8 Å². The zero-order valence-electron chi connectivity index (χ0n) is 13.8. The van der Waals surface area contributed by atoms with Gasteiger partial charge < -0.3 is 19.9 Å². The number of benzene rings is 2. The van der Waals surface area contributed by atoms with Gasteiger partial charge in [-0.15, -0.1) is 0 Å². The van der Waals surface area contributed by atoms with E-state index >= 15 is 0 Å². The maximum atomic E-state index is 13.2. The minimum absolute atomic E-state index is 0.233. The van der Waals surface area contributed by atoms with Gasteiger partial charge in [-0.2, -0.15) is 0 Å². The van der Waals surface area contributed by atoms with Crippen LogP contribution in [-0.2, 0) is 0 Å². The van der Waals surface area contributed by atoms with Gasteiger partial charge in [-0.3, -0.25) is 0 Å². The van der Waals surface area contributed by atoms with Gasteiger partial charge in [-0.25, -0.2) is 9.18 Å². The molecule has 2 aromatic carbocycles. The average Bonchev–Trinajstić information content (AvgIpc) is 2.62. The lowest BCUT2D eigenvalue weighted by Crippen LogP contribution is -2.50. The van der Waals surface area contributed by atoms with Crippen LogP contribution in [0.3, 0.4) is 0 Å². The Morgan fingerprint density at radius 1 is 1.16 bits per heavy atom. The summed E-state index contributed by atoms with van der Waals surface area (Å²) in [4.78, 5) is 16.2. The van der Waals surface area contributed by atoms with Crippen LogP contribution < -0.4 is 15.0 Å². The minimum atomic E-state index is -0.379. The summed E-state index contributed by atoms with van der Waals surface area (Å²) in [7, 11) is 1.62. The van der Waals surface area contributed by atoms with Crippen LogP contribution >= 0.6 is 11.6 Å². The molecule has 7 heteroatoms. The van der Waals surface area contributed by atoms with Crippen molar-refractivity contribution in [1.82, 2.24) is 4.90 Å². The molecule has 132 valence electrons. The molecule has 0 atom stereocenters. The lowest BCUT2D eigenvalue weighted by molar-refractivity contribution is 0.208. The molecule has 1 aliphatic rings. The number of carbonyl (C=O) groups is 1. The number of amides is 2. The standard InChI is InChI=1S/C18H19ClFN3O2/c1-25-17-6-5-13(19)11-16(17)22-7-9-23(10-8-22)18(24)21-15-4-2-3-14(20)12-15/h2-6,11-12H,7-10H2,1H3,(H,21,24). The lowest BCUT2D eigenvalue weighted by atomic mass is 10.2. The Morgan fingerprint density at radius 2 is 1.92 bits per heavy atom. The number of nitrogens with one attached hydrogen (secondary N) is 1. The van der Waals surface area contributed by atoms with Gasteiger partial charge >= 0.3 is 6.03 Å². The van der Waals surface area contributed by atoms with Crippen molar-refractivity contribution in [3.8, 4) is 5.75 Å². The van der Waals surface area contributed by atoms with E-state index in [0.29, 0.717) is 36.9 Å². The van der Waals surface area contributed by atoms with E-state index in [9.17, 15) is 9.18 Å². The van der Waals surface area contributed by atoms with Crippen LogP contribution in [0, 0.1) is 5.82 Å². The van der Waals surface area contributed by atoms with Crippen molar-refractivity contribution in [2.45, 2.75) is 0 Å². The van der Waals surface area contributed by atoms with E-state index in [4.69, 9.17) is 16.3 Å². The molecule has 1 N–H and O–H groups in total. The number of halogens is 2. The van der Waals surface area contributed by atoms with Gasteiger partial charge in [0.25, 0.3) is 0 Å². The van der Waals surface area contributed by atoms with Gasteiger partial charge in [-0.05, 0) is 36.4 Å². The molecule has 0 unspecified atom stereocenters. The van der Waals surface area contributed by atoms with Crippen molar-refractivity contribution in [2.75, 3.05) is 43.5 Å². The molecule has 1 saturated heterocycles. The lowest BCUT2D eigenvalue weighted by Gasteiger charge is -2.36. The Hall–Kier alpha value is -2.47. The predicted molar refractivity (Wildman–Crippen MR) is 97.2 cm³/mol. The van der Waals surface area contributed by atoms with Gasteiger partial charge in [0.1, 0.15) is 11.6 Å². The highest BCUT2D eigenvalue weighted by Gasteiger charge is 2.23. The van der Waals surface area contributed by atoms with Gasteiger partial charge in [0.15, 0.2) is 0 Å². The molecular weight excluding hydrogens is 345 g/mol. The van der Waals surface area contributed by atoms with Crippen molar-refractivity contribution in [3.63, 3.8) is 0 Å². The largest absolute Gasteiger partial charge is 0.495 e. The highest BCUT2D eigenvalue weighted by molar-refractivity contribution is 6.30. The van der Waals surface area contributed by atoms with Gasteiger partial charge in [0, 0.05) is 36.9 Å². The fourth-order valence-electron chi connectivity index (χ4n) is 2.83. The van der Waals surface area contributed by atoms with Crippen LogP contribution in [0.4, 0.5) is 20.6 Å². The van der Waals surface area contributed by atoms with Crippen LogP contribution in [-0.4, -0.2) is 44.2 Å². The number of piperazine rings is 1. The Balaban J connectivity index is 1.62. The molecule has 0 saturated carbocycles. The monoisotopic (exact) mass is 363 g/mol. The maximum absolute atomic E-state index is 13.2. The second kappa shape index (κ2) is 7.61. The molecule has 25 heavy (non-hydrogen) atoms. The number of carbonyl (C=O) groups excluding carboxylic acids is 1. The number of rotatable bonds is 3. The van der Waals surface area contributed by atoms with Crippen molar-refractivity contribution in [2.24, 2.45) is 0 Å². The van der Waals surface area contributed by atoms with Crippen LogP contribution in [0.2, 0.25) is 5.02 Å².